The fourth-order valence-electron chi connectivity index (χ4n) is 2.31. The maximum atomic E-state index is 12.6. The van der Waals surface area contributed by atoms with Gasteiger partial charge in [0.25, 0.3) is 5.91 Å². The van der Waals surface area contributed by atoms with E-state index >= 15 is 0 Å². The summed E-state index contributed by atoms with van der Waals surface area (Å²) in [6.07, 6.45) is 0. The highest BCUT2D eigenvalue weighted by Gasteiger charge is 2.36. The maximum Gasteiger partial charge on any atom is 0.264 e. The number of nitrogens with zero attached hydrogens (tertiary/aromatic N) is 2. The van der Waals surface area contributed by atoms with E-state index in [0.29, 0.717) is 16.5 Å². The molecule has 2 rings (SSSR count). The first kappa shape index (κ1) is 18.8. The Kier molecular flexibility index (Phi) is 5.92. The van der Waals surface area contributed by atoms with Crippen LogP contribution in [0.1, 0.15) is 30.4 Å². The molecule has 1 aliphatic rings. The largest absolute Gasteiger partial charge is 0.350 e. The SMILES string of the molecule is CN(CC(=O)N1CSCC1C(=O)NC(C)(C)C)C(=O)c1cccs1. The van der Waals surface area contributed by atoms with E-state index < -0.39 is 6.04 Å². The normalized spacial score (nSPS) is 17.7. The zero-order valence-electron chi connectivity index (χ0n) is 14.4. The monoisotopic (exact) mass is 369 g/mol. The molecule has 1 aromatic rings. The number of carbonyl (C=O) groups excluding carboxylic acids is 3. The Bertz CT molecular complexity index is 611. The number of likely N-dealkylation sites (N-methyl/N-ethyl adjacent to an activating group) is 1. The minimum absolute atomic E-state index is 0.0312. The van der Waals surface area contributed by atoms with Crippen LogP contribution in [0.2, 0.25) is 0 Å². The van der Waals surface area contributed by atoms with Crippen LogP contribution in [-0.4, -0.2) is 64.3 Å². The highest BCUT2D eigenvalue weighted by Crippen LogP contribution is 2.22. The summed E-state index contributed by atoms with van der Waals surface area (Å²) < 4.78 is 0. The van der Waals surface area contributed by atoms with Gasteiger partial charge in [0.2, 0.25) is 11.8 Å². The Morgan fingerprint density at radius 1 is 1.38 bits per heavy atom. The summed E-state index contributed by atoms with van der Waals surface area (Å²) in [7, 11) is 1.60. The molecule has 0 aliphatic carbocycles. The van der Waals surface area contributed by atoms with E-state index in [2.05, 4.69) is 5.32 Å². The Hall–Kier alpha value is -1.54. The van der Waals surface area contributed by atoms with Crippen LogP contribution in [0.5, 0.6) is 0 Å². The zero-order chi connectivity index (χ0) is 17.9. The van der Waals surface area contributed by atoms with Crippen LogP contribution in [0.25, 0.3) is 0 Å². The number of thioether (sulfide) groups is 1. The van der Waals surface area contributed by atoms with Gasteiger partial charge in [-0.05, 0) is 32.2 Å². The number of nitrogens with one attached hydrogen (secondary N) is 1. The molecule has 1 saturated heterocycles. The minimum Gasteiger partial charge on any atom is -0.350 e. The lowest BCUT2D eigenvalue weighted by atomic mass is 10.1. The third kappa shape index (κ3) is 4.73. The summed E-state index contributed by atoms with van der Waals surface area (Å²) in [5.41, 5.74) is -0.342. The molecule has 1 aliphatic heterocycles. The van der Waals surface area contributed by atoms with Crippen LogP contribution in [0.3, 0.4) is 0 Å². The Morgan fingerprint density at radius 3 is 2.67 bits per heavy atom. The molecule has 1 unspecified atom stereocenters. The van der Waals surface area contributed by atoms with Gasteiger partial charge >= 0.3 is 0 Å². The first-order valence-corrected chi connectivity index (χ1v) is 9.70. The fourth-order valence-corrected chi connectivity index (χ4v) is 4.21. The summed E-state index contributed by atoms with van der Waals surface area (Å²) in [5.74, 6) is 0.522. The van der Waals surface area contributed by atoms with Gasteiger partial charge in [-0.3, -0.25) is 14.4 Å². The molecule has 1 N–H and O–H groups in total. The van der Waals surface area contributed by atoms with E-state index in [1.165, 1.54) is 16.2 Å². The van der Waals surface area contributed by atoms with Crippen molar-refractivity contribution in [2.24, 2.45) is 0 Å². The molecule has 1 fully saturated rings. The second-order valence-electron chi connectivity index (χ2n) is 6.76. The van der Waals surface area contributed by atoms with Gasteiger partial charge in [-0.2, -0.15) is 0 Å². The predicted octanol–water partition coefficient (Wildman–Crippen LogP) is 1.64. The number of amides is 3. The summed E-state index contributed by atoms with van der Waals surface area (Å²) in [4.78, 5) is 40.7. The van der Waals surface area contributed by atoms with Crippen molar-refractivity contribution in [1.29, 1.82) is 0 Å². The molecule has 0 saturated carbocycles. The molecular formula is C16H23N3O3S2. The van der Waals surface area contributed by atoms with Crippen LogP contribution in [0.15, 0.2) is 17.5 Å². The first-order valence-electron chi connectivity index (χ1n) is 7.67. The van der Waals surface area contributed by atoms with E-state index in [0.717, 1.165) is 0 Å². The lowest BCUT2D eigenvalue weighted by Crippen LogP contribution is -2.53. The molecule has 132 valence electrons. The summed E-state index contributed by atoms with van der Waals surface area (Å²) >= 11 is 2.90. The number of hydrogen-bond donors (Lipinski definition) is 1. The Balaban J connectivity index is 1.98. The van der Waals surface area contributed by atoms with E-state index in [4.69, 9.17) is 0 Å². The summed E-state index contributed by atoms with van der Waals surface area (Å²) in [5, 5.41) is 4.75. The average molecular weight is 370 g/mol. The minimum atomic E-state index is -0.480. The molecule has 24 heavy (non-hydrogen) atoms. The predicted molar refractivity (Wildman–Crippen MR) is 97.1 cm³/mol. The van der Waals surface area contributed by atoms with Gasteiger partial charge in [-0.1, -0.05) is 6.07 Å². The maximum absolute atomic E-state index is 12.6. The van der Waals surface area contributed by atoms with E-state index in [1.807, 2.05) is 26.2 Å². The highest BCUT2D eigenvalue weighted by molar-refractivity contribution is 7.99. The van der Waals surface area contributed by atoms with E-state index in [9.17, 15) is 14.4 Å². The summed E-state index contributed by atoms with van der Waals surface area (Å²) in [6.45, 7) is 5.70. The zero-order valence-corrected chi connectivity index (χ0v) is 16.0. The van der Waals surface area contributed by atoms with Crippen LogP contribution < -0.4 is 5.32 Å². The van der Waals surface area contributed by atoms with Crippen molar-refractivity contribution < 1.29 is 14.4 Å². The van der Waals surface area contributed by atoms with Crippen LogP contribution in [0.4, 0.5) is 0 Å². The first-order chi connectivity index (χ1) is 11.2. The molecule has 1 aromatic heterocycles. The van der Waals surface area contributed by atoms with E-state index in [-0.39, 0.29) is 29.8 Å². The second kappa shape index (κ2) is 7.57. The van der Waals surface area contributed by atoms with Crippen molar-refractivity contribution in [2.45, 2.75) is 32.4 Å². The number of hydrogen-bond acceptors (Lipinski definition) is 5. The third-order valence-corrected chi connectivity index (χ3v) is 5.32. The topological polar surface area (TPSA) is 69.7 Å². The van der Waals surface area contributed by atoms with Crippen LogP contribution in [-0.2, 0) is 9.59 Å². The summed E-state index contributed by atoms with van der Waals surface area (Å²) in [6, 6.07) is 3.06. The van der Waals surface area contributed by atoms with Crippen LogP contribution in [0, 0.1) is 0 Å². The van der Waals surface area contributed by atoms with Gasteiger partial charge in [0.05, 0.1) is 17.3 Å². The van der Waals surface area contributed by atoms with Gasteiger partial charge in [0.15, 0.2) is 0 Å². The standard InChI is InChI=1S/C16H23N3O3S2/c1-16(2,3)17-14(21)11-9-23-10-19(11)13(20)8-18(4)15(22)12-6-5-7-24-12/h5-7,11H,8-10H2,1-4H3,(H,17,21). The van der Waals surface area contributed by atoms with Gasteiger partial charge in [0, 0.05) is 18.3 Å². The lowest BCUT2D eigenvalue weighted by molar-refractivity contribution is -0.138. The molecular weight excluding hydrogens is 346 g/mol. The molecule has 3 amide bonds. The van der Waals surface area contributed by atoms with Crippen LogP contribution >= 0.6 is 23.1 Å². The second-order valence-corrected chi connectivity index (χ2v) is 8.70. The molecule has 1 atom stereocenters. The van der Waals surface area contributed by atoms with Crippen molar-refractivity contribution >= 4 is 40.8 Å². The van der Waals surface area contributed by atoms with Gasteiger partial charge < -0.3 is 15.1 Å². The van der Waals surface area contributed by atoms with Gasteiger partial charge in [0.1, 0.15) is 6.04 Å². The van der Waals surface area contributed by atoms with Crippen molar-refractivity contribution in [3.63, 3.8) is 0 Å². The highest BCUT2D eigenvalue weighted by atomic mass is 32.2. The molecule has 8 heteroatoms. The Labute approximate surface area is 150 Å². The van der Waals surface area contributed by atoms with Crippen molar-refractivity contribution in [2.75, 3.05) is 25.2 Å². The molecule has 0 aromatic carbocycles. The van der Waals surface area contributed by atoms with Crippen molar-refractivity contribution in [1.82, 2.24) is 15.1 Å². The average Bonchev–Trinajstić information content (AvgIpc) is 3.15. The molecule has 6 nitrogen and oxygen atoms in total. The lowest BCUT2D eigenvalue weighted by Gasteiger charge is -2.28. The van der Waals surface area contributed by atoms with E-state index in [1.54, 1.807) is 35.8 Å². The number of carbonyl (C=O) groups is 3. The molecule has 2 heterocycles. The van der Waals surface area contributed by atoms with Crippen molar-refractivity contribution in [3.05, 3.63) is 22.4 Å². The molecule has 0 radical (unpaired) electrons. The van der Waals surface area contributed by atoms with Gasteiger partial charge in [-0.25, -0.2) is 0 Å². The molecule has 0 spiro atoms. The fraction of sp³-hybridized carbons (Fsp3) is 0.562. The number of rotatable bonds is 4. The molecule has 0 bridgehead atoms. The Morgan fingerprint density at radius 2 is 2.08 bits per heavy atom. The van der Waals surface area contributed by atoms with Gasteiger partial charge in [-0.15, -0.1) is 23.1 Å². The quantitative estimate of drug-likeness (QED) is 0.876. The third-order valence-electron chi connectivity index (χ3n) is 3.45. The smallest absolute Gasteiger partial charge is 0.264 e. The van der Waals surface area contributed by atoms with Crippen molar-refractivity contribution in [3.8, 4) is 0 Å². The number of thiophene rings is 1.